The second kappa shape index (κ2) is 6.76. The van der Waals surface area contributed by atoms with Gasteiger partial charge in [-0.2, -0.15) is 9.61 Å². The van der Waals surface area contributed by atoms with Gasteiger partial charge >= 0.3 is 5.69 Å². The van der Waals surface area contributed by atoms with Crippen LogP contribution >= 0.6 is 11.8 Å². The van der Waals surface area contributed by atoms with Crippen LogP contribution in [-0.2, 0) is 5.75 Å². The predicted molar refractivity (Wildman–Crippen MR) is 99.7 cm³/mol. The van der Waals surface area contributed by atoms with E-state index in [1.807, 2.05) is 6.92 Å². The van der Waals surface area contributed by atoms with Crippen molar-refractivity contribution in [2.45, 2.75) is 17.8 Å². The summed E-state index contributed by atoms with van der Waals surface area (Å²) < 4.78 is 14.4. The van der Waals surface area contributed by atoms with E-state index in [0.29, 0.717) is 22.1 Å². The van der Waals surface area contributed by atoms with Gasteiger partial charge in [0, 0.05) is 11.3 Å². The summed E-state index contributed by atoms with van der Waals surface area (Å²) in [6.07, 6.45) is 1.57. The van der Waals surface area contributed by atoms with Crippen molar-refractivity contribution in [2.24, 2.45) is 0 Å². The first kappa shape index (κ1) is 16.5. The van der Waals surface area contributed by atoms with Crippen LogP contribution in [0.4, 0.5) is 4.39 Å². The summed E-state index contributed by atoms with van der Waals surface area (Å²) in [7, 11) is 0. The maximum Gasteiger partial charge on any atom is 0.350 e. The minimum absolute atomic E-state index is 0.314. The lowest BCUT2D eigenvalue weighted by Gasteiger charge is -2.04. The molecule has 5 nitrogen and oxygen atoms in total. The van der Waals surface area contributed by atoms with Crippen LogP contribution in [0.15, 0.2) is 64.7 Å². The molecule has 130 valence electrons. The number of nitrogens with zero attached hydrogens (tertiary/aromatic N) is 3. The van der Waals surface area contributed by atoms with Crippen LogP contribution < -0.4 is 5.69 Å². The van der Waals surface area contributed by atoms with Crippen LogP contribution in [0.2, 0.25) is 0 Å². The molecule has 0 atom stereocenters. The van der Waals surface area contributed by atoms with Crippen molar-refractivity contribution in [3.8, 4) is 11.1 Å². The van der Waals surface area contributed by atoms with Crippen LogP contribution in [-0.4, -0.2) is 19.6 Å². The van der Waals surface area contributed by atoms with Crippen molar-refractivity contribution in [3.63, 3.8) is 0 Å². The molecule has 4 rings (SSSR count). The van der Waals surface area contributed by atoms with Crippen molar-refractivity contribution in [1.82, 2.24) is 19.6 Å². The number of aromatic amines is 1. The lowest BCUT2D eigenvalue weighted by molar-refractivity contribution is 0.628. The molecule has 0 aliphatic carbocycles. The van der Waals surface area contributed by atoms with E-state index in [1.165, 1.54) is 34.0 Å². The molecule has 0 aliphatic heterocycles. The zero-order valence-corrected chi connectivity index (χ0v) is 14.8. The van der Waals surface area contributed by atoms with Gasteiger partial charge in [-0.15, -0.1) is 0 Å². The first-order valence-electron chi connectivity index (χ1n) is 8.02. The topological polar surface area (TPSA) is 63.1 Å². The number of aromatic nitrogens is 4. The van der Waals surface area contributed by atoms with Crippen LogP contribution in [0.1, 0.15) is 11.1 Å². The fraction of sp³-hybridized carbons (Fsp3) is 0.105. The molecule has 7 heteroatoms. The number of aryl methyl sites for hydroxylation is 1. The number of rotatable bonds is 4. The maximum absolute atomic E-state index is 13.2. The highest BCUT2D eigenvalue weighted by molar-refractivity contribution is 7.98. The van der Waals surface area contributed by atoms with Crippen molar-refractivity contribution >= 4 is 17.4 Å². The van der Waals surface area contributed by atoms with E-state index in [4.69, 9.17) is 0 Å². The molecule has 0 amide bonds. The molecule has 2 aromatic heterocycles. The molecule has 4 aromatic rings. The lowest BCUT2D eigenvalue weighted by atomic mass is 10.1. The molecular weight excluding hydrogens is 351 g/mol. The number of thioether (sulfide) groups is 1. The van der Waals surface area contributed by atoms with Crippen molar-refractivity contribution in [2.75, 3.05) is 0 Å². The van der Waals surface area contributed by atoms with Crippen LogP contribution in [0, 0.1) is 12.7 Å². The molecule has 2 aromatic carbocycles. The van der Waals surface area contributed by atoms with Gasteiger partial charge in [0.15, 0.2) is 10.8 Å². The third-order valence-electron chi connectivity index (χ3n) is 4.01. The van der Waals surface area contributed by atoms with E-state index in [2.05, 4.69) is 39.3 Å². The van der Waals surface area contributed by atoms with Gasteiger partial charge in [0.25, 0.3) is 0 Å². The van der Waals surface area contributed by atoms with E-state index in [9.17, 15) is 9.18 Å². The normalized spacial score (nSPS) is 11.2. The predicted octanol–water partition coefficient (Wildman–Crippen LogP) is 3.82. The fourth-order valence-corrected chi connectivity index (χ4v) is 3.41. The summed E-state index contributed by atoms with van der Waals surface area (Å²) in [5.74, 6) is 0.379. The fourth-order valence-electron chi connectivity index (χ4n) is 2.60. The molecule has 0 aliphatic rings. The molecule has 0 saturated heterocycles. The number of nitrogens with one attached hydrogen (secondary N) is 1. The monoisotopic (exact) mass is 366 g/mol. The Morgan fingerprint density at radius 3 is 2.58 bits per heavy atom. The van der Waals surface area contributed by atoms with E-state index in [1.54, 1.807) is 18.3 Å². The SMILES string of the molecule is Cc1ccc(CSc2nc3c(-c4ccc(F)cc4)cnn3c(=O)[nH]2)cc1. The van der Waals surface area contributed by atoms with Crippen molar-refractivity contribution in [3.05, 3.63) is 82.2 Å². The number of H-pyrrole nitrogens is 1. The second-order valence-electron chi connectivity index (χ2n) is 5.92. The highest BCUT2D eigenvalue weighted by atomic mass is 32.2. The van der Waals surface area contributed by atoms with Gasteiger partial charge in [0.2, 0.25) is 0 Å². The summed E-state index contributed by atoms with van der Waals surface area (Å²) in [6.45, 7) is 2.04. The lowest BCUT2D eigenvalue weighted by Crippen LogP contribution is -2.19. The summed E-state index contributed by atoms with van der Waals surface area (Å²) in [6, 6.07) is 14.3. The zero-order chi connectivity index (χ0) is 18.1. The minimum atomic E-state index is -0.352. The quantitative estimate of drug-likeness (QED) is 0.558. The zero-order valence-electron chi connectivity index (χ0n) is 13.9. The van der Waals surface area contributed by atoms with Gasteiger partial charge in [-0.3, -0.25) is 4.98 Å². The average Bonchev–Trinajstić information content (AvgIpc) is 3.06. The third kappa shape index (κ3) is 3.25. The minimum Gasteiger partial charge on any atom is -0.285 e. The van der Waals surface area contributed by atoms with Gasteiger partial charge in [0.05, 0.1) is 6.20 Å². The largest absolute Gasteiger partial charge is 0.350 e. The molecule has 0 bridgehead atoms. The number of hydrogen-bond donors (Lipinski definition) is 1. The molecule has 0 unspecified atom stereocenters. The Hall–Kier alpha value is -2.93. The number of hydrogen-bond acceptors (Lipinski definition) is 4. The Balaban J connectivity index is 1.68. The summed E-state index contributed by atoms with van der Waals surface area (Å²) >= 11 is 1.45. The smallest absolute Gasteiger partial charge is 0.285 e. The van der Waals surface area contributed by atoms with Crippen molar-refractivity contribution < 1.29 is 4.39 Å². The molecule has 1 N–H and O–H groups in total. The highest BCUT2D eigenvalue weighted by Crippen LogP contribution is 2.25. The second-order valence-corrected chi connectivity index (χ2v) is 6.89. The third-order valence-corrected chi connectivity index (χ3v) is 4.95. The molecule has 0 radical (unpaired) electrons. The Kier molecular flexibility index (Phi) is 4.30. The Labute approximate surface area is 152 Å². The molecule has 2 heterocycles. The van der Waals surface area contributed by atoms with Gasteiger partial charge in [-0.25, -0.2) is 14.2 Å². The summed E-state index contributed by atoms with van der Waals surface area (Å²) in [4.78, 5) is 19.6. The van der Waals surface area contributed by atoms with E-state index in [0.717, 1.165) is 11.1 Å². The molecule has 0 saturated carbocycles. The summed E-state index contributed by atoms with van der Waals surface area (Å²) in [5.41, 5.74) is 3.90. The van der Waals surface area contributed by atoms with Crippen LogP contribution in [0.5, 0.6) is 0 Å². The van der Waals surface area contributed by atoms with Gasteiger partial charge in [-0.05, 0) is 30.2 Å². The van der Waals surface area contributed by atoms with E-state index in [-0.39, 0.29) is 11.5 Å². The van der Waals surface area contributed by atoms with Crippen LogP contribution in [0.25, 0.3) is 16.8 Å². The number of halogens is 1. The number of benzene rings is 2. The summed E-state index contributed by atoms with van der Waals surface area (Å²) in [5, 5.41) is 4.61. The Morgan fingerprint density at radius 2 is 1.85 bits per heavy atom. The van der Waals surface area contributed by atoms with Gasteiger partial charge in [0.1, 0.15) is 5.82 Å². The molecular formula is C19H15FN4OS. The molecule has 0 spiro atoms. The highest BCUT2D eigenvalue weighted by Gasteiger charge is 2.12. The molecule has 0 fully saturated rings. The van der Waals surface area contributed by atoms with Gasteiger partial charge < -0.3 is 0 Å². The van der Waals surface area contributed by atoms with Crippen molar-refractivity contribution in [1.29, 1.82) is 0 Å². The maximum atomic E-state index is 13.2. The number of fused-ring (bicyclic) bond motifs is 1. The standard InChI is InChI=1S/C19H15FN4OS/c1-12-2-4-13(5-3-12)11-26-18-22-17-16(10-21-24(17)19(25)23-18)14-6-8-15(20)9-7-14/h2-10H,11H2,1H3,(H,22,23,25). The Bertz CT molecular complexity index is 1120. The first-order chi connectivity index (χ1) is 12.6. The van der Waals surface area contributed by atoms with E-state index < -0.39 is 0 Å². The molecule has 26 heavy (non-hydrogen) atoms. The van der Waals surface area contributed by atoms with Crippen LogP contribution in [0.3, 0.4) is 0 Å². The van der Waals surface area contributed by atoms with Gasteiger partial charge in [-0.1, -0.05) is 53.7 Å². The van der Waals surface area contributed by atoms with E-state index >= 15 is 0 Å². The first-order valence-corrected chi connectivity index (χ1v) is 9.01. The average molecular weight is 366 g/mol. The Morgan fingerprint density at radius 1 is 1.12 bits per heavy atom.